The smallest absolute Gasteiger partial charge is 0.0699 e. The summed E-state index contributed by atoms with van der Waals surface area (Å²) < 4.78 is 0. The highest BCUT2D eigenvalue weighted by atomic mass is 15.3. The number of hydrogen-bond acceptors (Lipinski definition) is 4. The van der Waals surface area contributed by atoms with Crippen molar-refractivity contribution >= 4 is 78.4 Å². The molecule has 2 aliphatic rings. The normalized spacial score (nSPS) is 12.9. The van der Waals surface area contributed by atoms with Gasteiger partial charge in [0.25, 0.3) is 0 Å². The number of anilines is 10. The zero-order valence-electron chi connectivity index (χ0n) is 34.6. The minimum absolute atomic E-state index is 1.12. The molecular weight excluding hydrogens is 753 g/mol. The number of benzene rings is 10. The van der Waals surface area contributed by atoms with Crippen LogP contribution in [-0.2, 0) is 0 Å². The summed E-state index contributed by atoms with van der Waals surface area (Å²) >= 11 is 0. The summed E-state index contributed by atoms with van der Waals surface area (Å²) in [6.07, 6.45) is 0. The second-order valence-electron chi connectivity index (χ2n) is 16.3. The predicted molar refractivity (Wildman–Crippen MR) is 263 cm³/mol. The minimum atomic E-state index is 1.12. The lowest BCUT2D eigenvalue weighted by Crippen LogP contribution is -2.24. The quantitative estimate of drug-likeness (QED) is 0.161. The van der Waals surface area contributed by atoms with E-state index < -0.39 is 0 Å². The first kappa shape index (κ1) is 35.8. The van der Waals surface area contributed by atoms with E-state index in [2.05, 4.69) is 252 Å². The van der Waals surface area contributed by atoms with Crippen molar-refractivity contribution in [3.05, 3.63) is 218 Å². The van der Waals surface area contributed by atoms with Gasteiger partial charge in [-0.05, 0) is 128 Å². The zero-order chi connectivity index (χ0) is 41.3. The molecule has 4 heteroatoms. The van der Waals surface area contributed by atoms with Crippen molar-refractivity contribution in [1.82, 2.24) is 0 Å². The van der Waals surface area contributed by atoms with Crippen molar-refractivity contribution in [1.29, 1.82) is 0 Å². The Bertz CT molecular complexity index is 3240. The Balaban J connectivity index is 1.16. The van der Waals surface area contributed by atoms with Gasteiger partial charge in [-0.1, -0.05) is 146 Å². The molecule has 4 nitrogen and oxygen atoms in total. The van der Waals surface area contributed by atoms with Crippen LogP contribution in [0.25, 0.3) is 54.9 Å². The van der Waals surface area contributed by atoms with Crippen molar-refractivity contribution in [2.45, 2.75) is 0 Å². The van der Waals surface area contributed by atoms with Gasteiger partial charge in [-0.15, -0.1) is 0 Å². The van der Waals surface area contributed by atoms with E-state index >= 15 is 0 Å². The van der Waals surface area contributed by atoms with E-state index in [0.717, 1.165) is 34.1 Å². The summed E-state index contributed by atoms with van der Waals surface area (Å²) in [5.74, 6) is 0. The number of rotatable bonds is 5. The molecule has 0 saturated carbocycles. The molecule has 0 fully saturated rings. The van der Waals surface area contributed by atoms with Gasteiger partial charge in [-0.2, -0.15) is 0 Å². The predicted octanol–water partition coefficient (Wildman–Crippen LogP) is 16.1. The third-order valence-electron chi connectivity index (χ3n) is 12.9. The molecular formula is C58H42N4. The standard InChI is InChI=1S/C58H42N4/c1-59-49-21-9-13-25-53(49)61(54-26-14-10-22-50(54)59)43-34-36-46-47(37-43)57(41-19-7-4-8-20-41)45-35-33-44(62-55-27-15-11-23-51(55)60(2)52-24-12-16-28-56(52)62)38-48(45)58(46)42-31-29-40(30-32-42)39-17-5-3-6-18-39/h3-38H,1-2H3. The Morgan fingerprint density at radius 2 is 0.532 bits per heavy atom. The highest BCUT2D eigenvalue weighted by Gasteiger charge is 2.30. The van der Waals surface area contributed by atoms with Crippen LogP contribution in [0.2, 0.25) is 0 Å². The van der Waals surface area contributed by atoms with Gasteiger partial charge in [0, 0.05) is 25.5 Å². The Morgan fingerprint density at radius 1 is 0.242 bits per heavy atom. The fourth-order valence-electron chi connectivity index (χ4n) is 9.99. The zero-order valence-corrected chi connectivity index (χ0v) is 34.6. The molecule has 62 heavy (non-hydrogen) atoms. The Labute approximate surface area is 362 Å². The first-order chi connectivity index (χ1) is 30.6. The molecule has 0 amide bonds. The van der Waals surface area contributed by atoms with Crippen LogP contribution >= 0.6 is 0 Å². The number of para-hydroxylation sites is 8. The van der Waals surface area contributed by atoms with Crippen molar-refractivity contribution in [3.63, 3.8) is 0 Å². The van der Waals surface area contributed by atoms with E-state index in [1.807, 2.05) is 0 Å². The van der Waals surface area contributed by atoms with E-state index in [4.69, 9.17) is 0 Å². The van der Waals surface area contributed by atoms with Gasteiger partial charge < -0.3 is 19.6 Å². The van der Waals surface area contributed by atoms with Gasteiger partial charge in [0.2, 0.25) is 0 Å². The van der Waals surface area contributed by atoms with Crippen LogP contribution in [0.1, 0.15) is 0 Å². The lowest BCUT2D eigenvalue weighted by Gasteiger charge is -2.39. The van der Waals surface area contributed by atoms with Crippen LogP contribution in [-0.4, -0.2) is 14.1 Å². The number of hydrogen-bond donors (Lipinski definition) is 0. The SMILES string of the molecule is CN1c2ccccc2N(c2ccc3c(-c4ccc(-c5ccccc5)cc4)c4cc(N5c6ccccc6N(C)c6ccccc65)ccc4c(-c4ccccc4)c3c2)c2ccccc21. The maximum atomic E-state index is 2.43. The monoisotopic (exact) mass is 794 g/mol. The summed E-state index contributed by atoms with van der Waals surface area (Å²) in [6.45, 7) is 0. The van der Waals surface area contributed by atoms with Crippen molar-refractivity contribution < 1.29 is 0 Å². The summed E-state index contributed by atoms with van der Waals surface area (Å²) in [4.78, 5) is 9.47. The molecule has 2 aliphatic heterocycles. The first-order valence-corrected chi connectivity index (χ1v) is 21.3. The summed E-state index contributed by atoms with van der Waals surface area (Å²) in [7, 11) is 4.33. The lowest BCUT2D eigenvalue weighted by atomic mass is 9.85. The van der Waals surface area contributed by atoms with Crippen LogP contribution in [0.5, 0.6) is 0 Å². The third kappa shape index (κ3) is 5.54. The number of nitrogens with zero attached hydrogens (tertiary/aromatic N) is 4. The fraction of sp³-hybridized carbons (Fsp3) is 0.0345. The number of fused-ring (bicyclic) bond motifs is 6. The van der Waals surface area contributed by atoms with Crippen LogP contribution in [0.15, 0.2) is 218 Å². The molecule has 0 aromatic heterocycles. The average Bonchev–Trinajstić information content (AvgIpc) is 3.34. The molecule has 0 radical (unpaired) electrons. The maximum absolute atomic E-state index is 2.43. The van der Waals surface area contributed by atoms with Crippen LogP contribution < -0.4 is 19.6 Å². The second kappa shape index (κ2) is 14.3. The van der Waals surface area contributed by atoms with Crippen molar-refractivity contribution in [2.75, 3.05) is 33.7 Å². The molecule has 0 saturated heterocycles. The Hall–Kier alpha value is -8.08. The minimum Gasteiger partial charge on any atom is -0.341 e. The van der Waals surface area contributed by atoms with Crippen LogP contribution in [0, 0.1) is 0 Å². The van der Waals surface area contributed by atoms with E-state index in [1.165, 1.54) is 77.7 Å². The maximum Gasteiger partial charge on any atom is 0.0699 e. The van der Waals surface area contributed by atoms with Crippen LogP contribution in [0.4, 0.5) is 56.9 Å². The second-order valence-corrected chi connectivity index (χ2v) is 16.3. The highest BCUT2D eigenvalue weighted by Crippen LogP contribution is 2.55. The van der Waals surface area contributed by atoms with Gasteiger partial charge in [0.05, 0.1) is 45.5 Å². The molecule has 2 heterocycles. The van der Waals surface area contributed by atoms with Gasteiger partial charge in [0.15, 0.2) is 0 Å². The van der Waals surface area contributed by atoms with E-state index in [0.29, 0.717) is 0 Å². The van der Waals surface area contributed by atoms with E-state index in [1.54, 1.807) is 0 Å². The fourth-order valence-corrected chi connectivity index (χ4v) is 9.99. The van der Waals surface area contributed by atoms with Gasteiger partial charge >= 0.3 is 0 Å². The first-order valence-electron chi connectivity index (χ1n) is 21.3. The van der Waals surface area contributed by atoms with Crippen molar-refractivity contribution in [2.24, 2.45) is 0 Å². The van der Waals surface area contributed by atoms with E-state index in [9.17, 15) is 0 Å². The topological polar surface area (TPSA) is 13.0 Å². The van der Waals surface area contributed by atoms with Gasteiger partial charge in [-0.25, -0.2) is 0 Å². The summed E-state index contributed by atoms with van der Waals surface area (Å²) in [5.41, 5.74) is 18.8. The molecule has 0 atom stereocenters. The molecule has 0 aliphatic carbocycles. The van der Waals surface area contributed by atoms with Crippen molar-refractivity contribution in [3.8, 4) is 33.4 Å². The Kier molecular flexibility index (Phi) is 8.26. The van der Waals surface area contributed by atoms with Gasteiger partial charge in [0.1, 0.15) is 0 Å². The molecule has 0 unspecified atom stereocenters. The molecule has 294 valence electrons. The lowest BCUT2D eigenvalue weighted by molar-refractivity contribution is 1.13. The molecule has 10 aromatic rings. The highest BCUT2D eigenvalue weighted by molar-refractivity contribution is 6.23. The molecule has 10 aromatic carbocycles. The summed E-state index contributed by atoms with van der Waals surface area (Å²) in [5, 5.41) is 4.83. The molecule has 12 rings (SSSR count). The third-order valence-corrected chi connectivity index (χ3v) is 12.9. The molecule has 0 spiro atoms. The molecule has 0 bridgehead atoms. The largest absolute Gasteiger partial charge is 0.341 e. The Morgan fingerprint density at radius 3 is 0.919 bits per heavy atom. The van der Waals surface area contributed by atoms with Gasteiger partial charge in [-0.3, -0.25) is 0 Å². The van der Waals surface area contributed by atoms with E-state index in [-0.39, 0.29) is 0 Å². The summed E-state index contributed by atoms with van der Waals surface area (Å²) in [6, 6.07) is 79.9. The van der Waals surface area contributed by atoms with Crippen LogP contribution in [0.3, 0.4) is 0 Å². The molecule has 0 N–H and O–H groups in total. The average molecular weight is 795 g/mol.